The number of ether oxygens (including phenoxy) is 1. The summed E-state index contributed by atoms with van der Waals surface area (Å²) in [6, 6.07) is 5.04. The molecule has 1 aromatic carbocycles. The van der Waals surface area contributed by atoms with Crippen molar-refractivity contribution in [3.05, 3.63) is 35.4 Å². The van der Waals surface area contributed by atoms with Gasteiger partial charge < -0.3 is 9.84 Å². The van der Waals surface area contributed by atoms with Gasteiger partial charge in [0.2, 0.25) is 11.8 Å². The van der Waals surface area contributed by atoms with Crippen molar-refractivity contribution >= 4 is 28.4 Å². The van der Waals surface area contributed by atoms with Gasteiger partial charge in [-0.15, -0.1) is 0 Å². The molecule has 1 aromatic heterocycles. The van der Waals surface area contributed by atoms with Crippen molar-refractivity contribution in [2.45, 2.75) is 46.5 Å². The second-order valence-electron chi connectivity index (χ2n) is 6.11. The van der Waals surface area contributed by atoms with Crippen molar-refractivity contribution in [1.29, 1.82) is 0 Å². The fraction of sp³-hybridized carbons (Fsp3) is 0.400. The number of nitrogens with zero attached hydrogens (tertiary/aromatic N) is 1. The number of Topliss-reactive ketones (excluding diaryl/α,β-unsaturated/α-hetero) is 1. The molecule has 0 aliphatic heterocycles. The average Bonchev–Trinajstić information content (AvgIpc) is 2.86. The molecule has 0 radical (unpaired) electrons. The van der Waals surface area contributed by atoms with Crippen molar-refractivity contribution in [1.82, 2.24) is 4.57 Å². The van der Waals surface area contributed by atoms with Crippen LogP contribution in [0.4, 0.5) is 0 Å². The summed E-state index contributed by atoms with van der Waals surface area (Å²) in [5.74, 6) is -0.0225. The summed E-state index contributed by atoms with van der Waals surface area (Å²) < 4.78 is 6.73. The van der Waals surface area contributed by atoms with E-state index >= 15 is 0 Å². The fourth-order valence-electron chi connectivity index (χ4n) is 2.97. The van der Waals surface area contributed by atoms with Crippen molar-refractivity contribution in [2.75, 3.05) is 7.11 Å². The first-order chi connectivity index (χ1) is 11.9. The van der Waals surface area contributed by atoms with Crippen LogP contribution < -0.4 is 0 Å². The monoisotopic (exact) mass is 343 g/mol. The molecule has 5 heteroatoms. The van der Waals surface area contributed by atoms with E-state index in [-0.39, 0.29) is 17.6 Å². The van der Waals surface area contributed by atoms with Crippen LogP contribution in [0.1, 0.15) is 67.2 Å². The van der Waals surface area contributed by atoms with Gasteiger partial charge in [-0.2, -0.15) is 0 Å². The van der Waals surface area contributed by atoms with E-state index in [1.54, 1.807) is 18.2 Å². The van der Waals surface area contributed by atoms with Crippen molar-refractivity contribution < 1.29 is 19.4 Å². The number of aromatic hydroxyl groups is 1. The normalized spacial score (nSPS) is 11.8. The van der Waals surface area contributed by atoms with E-state index in [0.717, 1.165) is 25.7 Å². The van der Waals surface area contributed by atoms with Gasteiger partial charge in [-0.25, -0.2) is 0 Å². The Labute approximate surface area is 147 Å². The molecule has 2 aromatic rings. The topological polar surface area (TPSA) is 68.5 Å². The van der Waals surface area contributed by atoms with Gasteiger partial charge in [0.15, 0.2) is 5.78 Å². The van der Waals surface area contributed by atoms with Gasteiger partial charge in [0.25, 0.3) is 0 Å². The van der Waals surface area contributed by atoms with Gasteiger partial charge >= 0.3 is 0 Å². The molecular weight excluding hydrogens is 318 g/mol. The molecule has 25 heavy (non-hydrogen) atoms. The van der Waals surface area contributed by atoms with Crippen LogP contribution in [0.2, 0.25) is 0 Å². The van der Waals surface area contributed by atoms with E-state index in [4.69, 9.17) is 4.74 Å². The van der Waals surface area contributed by atoms with Crippen molar-refractivity contribution in [3.8, 4) is 5.88 Å². The van der Waals surface area contributed by atoms with Crippen LogP contribution >= 0.6 is 0 Å². The number of rotatable bonds is 7. The van der Waals surface area contributed by atoms with Crippen molar-refractivity contribution in [3.63, 3.8) is 0 Å². The van der Waals surface area contributed by atoms with Gasteiger partial charge in [-0.3, -0.25) is 14.2 Å². The van der Waals surface area contributed by atoms with Crippen LogP contribution in [0.5, 0.6) is 5.88 Å². The van der Waals surface area contributed by atoms with Crippen molar-refractivity contribution in [2.24, 2.45) is 0 Å². The highest BCUT2D eigenvalue weighted by atomic mass is 16.5. The van der Waals surface area contributed by atoms with E-state index in [2.05, 4.69) is 6.92 Å². The zero-order valence-corrected chi connectivity index (χ0v) is 15.3. The lowest BCUT2D eigenvalue weighted by molar-refractivity contribution is 0.0932. The van der Waals surface area contributed by atoms with Crippen LogP contribution in [0, 0.1) is 0 Å². The summed E-state index contributed by atoms with van der Waals surface area (Å²) in [4.78, 5) is 23.7. The number of carbonyl (C=O) groups excluding carboxylic acids is 2. The number of fused-ring (bicyclic) bond motifs is 1. The second kappa shape index (κ2) is 8.01. The van der Waals surface area contributed by atoms with E-state index in [1.165, 1.54) is 25.5 Å². The number of methoxy groups -OCH3 is 1. The molecule has 0 fully saturated rings. The smallest absolute Gasteiger partial charge is 0.230 e. The molecule has 0 aliphatic rings. The van der Waals surface area contributed by atoms with Gasteiger partial charge in [0.05, 0.1) is 18.2 Å². The molecule has 1 heterocycles. The Hall–Kier alpha value is -2.56. The third-order valence-electron chi connectivity index (χ3n) is 4.27. The van der Waals surface area contributed by atoms with Crippen LogP contribution in [0.15, 0.2) is 24.3 Å². The third-order valence-corrected chi connectivity index (χ3v) is 4.27. The number of unbranched alkanes of at least 4 members (excludes halogenated alkanes) is 3. The highest BCUT2D eigenvalue weighted by molar-refractivity contribution is 6.05. The van der Waals surface area contributed by atoms with Crippen LogP contribution in [0.25, 0.3) is 16.7 Å². The van der Waals surface area contributed by atoms with E-state index in [1.807, 2.05) is 6.08 Å². The predicted molar refractivity (Wildman–Crippen MR) is 99.0 cm³/mol. The predicted octanol–water partition coefficient (Wildman–Crippen LogP) is 4.78. The Morgan fingerprint density at radius 2 is 1.96 bits per heavy atom. The lowest BCUT2D eigenvalue weighted by Crippen LogP contribution is -2.04. The maximum absolute atomic E-state index is 12.0. The molecule has 134 valence electrons. The molecular formula is C20H25NO4. The van der Waals surface area contributed by atoms with Gasteiger partial charge in [0, 0.05) is 17.9 Å². The highest BCUT2D eigenvalue weighted by Gasteiger charge is 2.23. The molecule has 0 atom stereocenters. The Kier molecular flexibility index (Phi) is 6.02. The van der Waals surface area contributed by atoms with E-state index < -0.39 is 0 Å². The molecule has 0 amide bonds. The lowest BCUT2D eigenvalue weighted by atomic mass is 10.0. The standard InChI is InChI=1S/C20H25NO4/c1-5-6-7-8-9-18(25-4)19-16-12-15(13(2)22)10-11-17(16)21(14(3)23)20(19)24/h9-12,24H,5-8H2,1-4H3. The molecule has 2 rings (SSSR count). The van der Waals surface area contributed by atoms with E-state index in [9.17, 15) is 14.7 Å². The van der Waals surface area contributed by atoms with Crippen LogP contribution in [0.3, 0.4) is 0 Å². The first-order valence-corrected chi connectivity index (χ1v) is 8.56. The Morgan fingerprint density at radius 1 is 1.24 bits per heavy atom. The fourth-order valence-corrected chi connectivity index (χ4v) is 2.97. The Morgan fingerprint density at radius 3 is 2.52 bits per heavy atom. The number of hydrogen-bond donors (Lipinski definition) is 1. The summed E-state index contributed by atoms with van der Waals surface area (Å²) in [7, 11) is 1.54. The number of hydrogen-bond acceptors (Lipinski definition) is 4. The maximum atomic E-state index is 12.0. The third kappa shape index (κ3) is 3.76. The second-order valence-corrected chi connectivity index (χ2v) is 6.11. The number of carbonyl (C=O) groups is 2. The largest absolute Gasteiger partial charge is 0.496 e. The number of ketones is 1. The van der Waals surface area contributed by atoms with Crippen LogP contribution in [-0.2, 0) is 4.74 Å². The number of aromatic nitrogens is 1. The molecule has 0 bridgehead atoms. The molecule has 0 saturated heterocycles. The number of benzene rings is 1. The summed E-state index contributed by atoms with van der Waals surface area (Å²) in [6.07, 6.45) is 6.00. The maximum Gasteiger partial charge on any atom is 0.230 e. The average molecular weight is 343 g/mol. The van der Waals surface area contributed by atoms with Gasteiger partial charge in [0.1, 0.15) is 5.76 Å². The highest BCUT2D eigenvalue weighted by Crippen LogP contribution is 2.37. The minimum atomic E-state index is -0.300. The molecule has 1 N–H and O–H groups in total. The zero-order chi connectivity index (χ0) is 18.6. The number of allylic oxidation sites excluding steroid dienone is 1. The first-order valence-electron chi connectivity index (χ1n) is 8.56. The molecule has 0 saturated carbocycles. The minimum Gasteiger partial charge on any atom is -0.496 e. The van der Waals surface area contributed by atoms with Gasteiger partial charge in [-0.05, 0) is 44.0 Å². The summed E-state index contributed by atoms with van der Waals surface area (Å²) in [5.41, 5.74) is 1.53. The Balaban J connectivity index is 2.67. The molecule has 0 unspecified atom stereocenters. The van der Waals surface area contributed by atoms with Gasteiger partial charge in [-0.1, -0.05) is 19.8 Å². The van der Waals surface area contributed by atoms with Crippen LogP contribution in [-0.4, -0.2) is 28.5 Å². The first kappa shape index (κ1) is 18.8. The summed E-state index contributed by atoms with van der Waals surface area (Å²) in [6.45, 7) is 5.01. The molecule has 0 spiro atoms. The summed E-state index contributed by atoms with van der Waals surface area (Å²) in [5, 5.41) is 11.3. The lowest BCUT2D eigenvalue weighted by Gasteiger charge is -2.07. The molecule has 5 nitrogen and oxygen atoms in total. The minimum absolute atomic E-state index is 0.0752. The van der Waals surface area contributed by atoms with E-state index in [0.29, 0.717) is 27.8 Å². The quantitative estimate of drug-likeness (QED) is 0.446. The zero-order valence-electron chi connectivity index (χ0n) is 15.3. The summed E-state index contributed by atoms with van der Waals surface area (Å²) >= 11 is 0. The molecule has 0 aliphatic carbocycles. The SMILES string of the molecule is CCCCCC=C(OC)c1c(O)n(C(C)=O)c2ccc(C(C)=O)cc12. The Bertz CT molecular complexity index is 830.